The van der Waals surface area contributed by atoms with E-state index in [-0.39, 0.29) is 11.3 Å². The highest BCUT2D eigenvalue weighted by Crippen LogP contribution is 2.29. The Hall–Kier alpha value is -2.70. The number of rotatable bonds is 3. The molecular formula is C19H17ClN4O2. The van der Waals surface area contributed by atoms with Crippen LogP contribution in [0.15, 0.2) is 47.5 Å². The molecule has 0 saturated carbocycles. The number of hydrogen-bond acceptors (Lipinski definition) is 5. The van der Waals surface area contributed by atoms with Crippen molar-refractivity contribution >= 4 is 11.6 Å². The normalized spacial score (nSPS) is 14.2. The number of phenols is 1. The van der Waals surface area contributed by atoms with E-state index in [0.29, 0.717) is 35.9 Å². The molecule has 7 heteroatoms. The lowest BCUT2D eigenvalue weighted by Crippen LogP contribution is -2.35. The first kappa shape index (κ1) is 16.8. The average molecular weight is 369 g/mol. The summed E-state index contributed by atoms with van der Waals surface area (Å²) in [5.74, 6) is 0.664. The van der Waals surface area contributed by atoms with Gasteiger partial charge < -0.3 is 10.1 Å². The lowest BCUT2D eigenvalue weighted by molar-refractivity contribution is 0.239. The van der Waals surface area contributed by atoms with E-state index in [1.807, 2.05) is 24.3 Å². The number of nitrogens with zero attached hydrogens (tertiary/aromatic N) is 3. The number of aromatic amines is 1. The van der Waals surface area contributed by atoms with Gasteiger partial charge in [0.25, 0.3) is 5.56 Å². The van der Waals surface area contributed by atoms with E-state index in [9.17, 15) is 9.90 Å². The molecule has 0 fully saturated rings. The molecule has 1 aliphatic rings. The smallest absolute Gasteiger partial charge is 0.255 e. The molecule has 0 saturated heterocycles. The molecule has 0 unspecified atom stereocenters. The van der Waals surface area contributed by atoms with Gasteiger partial charge in [0.15, 0.2) is 0 Å². The Bertz CT molecular complexity index is 1000. The monoisotopic (exact) mass is 368 g/mol. The van der Waals surface area contributed by atoms with Gasteiger partial charge >= 0.3 is 0 Å². The van der Waals surface area contributed by atoms with Crippen LogP contribution in [0.5, 0.6) is 5.75 Å². The van der Waals surface area contributed by atoms with Crippen LogP contribution in [0.25, 0.3) is 11.4 Å². The molecule has 1 aromatic carbocycles. The predicted octanol–water partition coefficient (Wildman–Crippen LogP) is 2.75. The lowest BCUT2D eigenvalue weighted by Gasteiger charge is -2.28. The first-order chi connectivity index (χ1) is 12.6. The topological polar surface area (TPSA) is 82.1 Å². The van der Waals surface area contributed by atoms with Crippen LogP contribution in [0.1, 0.15) is 16.8 Å². The van der Waals surface area contributed by atoms with Gasteiger partial charge in [0, 0.05) is 49.6 Å². The zero-order valence-corrected chi connectivity index (χ0v) is 14.7. The van der Waals surface area contributed by atoms with Crippen molar-refractivity contribution in [2.24, 2.45) is 0 Å². The van der Waals surface area contributed by atoms with Gasteiger partial charge in [-0.15, -0.1) is 0 Å². The molecule has 6 nitrogen and oxygen atoms in total. The summed E-state index contributed by atoms with van der Waals surface area (Å²) >= 11 is 5.98. The van der Waals surface area contributed by atoms with Gasteiger partial charge in [-0.1, -0.05) is 23.7 Å². The Balaban J connectivity index is 1.60. The van der Waals surface area contributed by atoms with E-state index < -0.39 is 0 Å². The van der Waals surface area contributed by atoms with E-state index in [1.54, 1.807) is 18.5 Å². The van der Waals surface area contributed by atoms with Crippen LogP contribution in [0.2, 0.25) is 5.02 Å². The van der Waals surface area contributed by atoms with Crippen molar-refractivity contribution in [3.8, 4) is 17.1 Å². The van der Waals surface area contributed by atoms with Gasteiger partial charge in [-0.05, 0) is 18.2 Å². The van der Waals surface area contributed by atoms with Crippen molar-refractivity contribution in [2.75, 3.05) is 6.54 Å². The van der Waals surface area contributed by atoms with E-state index >= 15 is 0 Å². The summed E-state index contributed by atoms with van der Waals surface area (Å²) in [5.41, 5.74) is 2.97. The minimum absolute atomic E-state index is 0.0973. The van der Waals surface area contributed by atoms with Gasteiger partial charge in [0.2, 0.25) is 0 Å². The molecular weight excluding hydrogens is 352 g/mol. The van der Waals surface area contributed by atoms with Crippen molar-refractivity contribution in [2.45, 2.75) is 19.5 Å². The van der Waals surface area contributed by atoms with Gasteiger partial charge in [-0.3, -0.25) is 14.7 Å². The number of H-pyrrole nitrogens is 1. The maximum Gasteiger partial charge on any atom is 0.255 e. The van der Waals surface area contributed by atoms with Gasteiger partial charge in [-0.25, -0.2) is 4.98 Å². The number of fused-ring (bicyclic) bond motifs is 1. The number of aromatic nitrogens is 3. The van der Waals surface area contributed by atoms with E-state index in [4.69, 9.17) is 11.6 Å². The molecule has 3 heterocycles. The summed E-state index contributed by atoms with van der Waals surface area (Å²) < 4.78 is 0. The van der Waals surface area contributed by atoms with Crippen LogP contribution in [-0.4, -0.2) is 31.5 Å². The van der Waals surface area contributed by atoms with E-state index in [1.165, 1.54) is 0 Å². The lowest BCUT2D eigenvalue weighted by atomic mass is 10.1. The zero-order valence-electron chi connectivity index (χ0n) is 13.9. The second-order valence-corrected chi connectivity index (χ2v) is 6.69. The van der Waals surface area contributed by atoms with Crippen LogP contribution >= 0.6 is 11.6 Å². The van der Waals surface area contributed by atoms with Crippen LogP contribution in [0.3, 0.4) is 0 Å². The Morgan fingerprint density at radius 3 is 2.85 bits per heavy atom. The number of pyridine rings is 1. The van der Waals surface area contributed by atoms with Crippen LogP contribution in [0.4, 0.5) is 0 Å². The first-order valence-electron chi connectivity index (χ1n) is 8.33. The molecule has 4 rings (SSSR count). The number of para-hydroxylation sites is 1. The number of nitrogens with one attached hydrogen (secondary N) is 1. The molecule has 0 atom stereocenters. The van der Waals surface area contributed by atoms with Crippen molar-refractivity contribution in [1.82, 2.24) is 19.9 Å². The predicted molar refractivity (Wildman–Crippen MR) is 99.0 cm³/mol. The summed E-state index contributed by atoms with van der Waals surface area (Å²) in [7, 11) is 0. The molecule has 0 aliphatic carbocycles. The van der Waals surface area contributed by atoms with E-state index in [2.05, 4.69) is 19.9 Å². The number of hydrogen-bond donors (Lipinski definition) is 2. The standard InChI is InChI=1S/C19H17ClN4O2/c20-15-3-1-2-13(17(15)25)10-24-9-6-16-14(11-24)19(26)23-18(22-16)12-4-7-21-8-5-12/h1-5,7-8,25H,6,9-11H2,(H,22,23,26). The second-order valence-electron chi connectivity index (χ2n) is 6.28. The third-order valence-electron chi connectivity index (χ3n) is 4.57. The third-order valence-corrected chi connectivity index (χ3v) is 4.87. The van der Waals surface area contributed by atoms with Crippen molar-refractivity contribution in [3.05, 3.63) is 74.9 Å². The molecule has 0 bridgehead atoms. The fraction of sp³-hybridized carbons (Fsp3) is 0.211. The summed E-state index contributed by atoms with van der Waals surface area (Å²) in [6, 6.07) is 8.95. The minimum Gasteiger partial charge on any atom is -0.506 e. The molecule has 132 valence electrons. The fourth-order valence-electron chi connectivity index (χ4n) is 3.19. The molecule has 0 radical (unpaired) electrons. The molecule has 0 amide bonds. The highest BCUT2D eigenvalue weighted by Gasteiger charge is 2.22. The summed E-state index contributed by atoms with van der Waals surface area (Å²) in [6.07, 6.45) is 4.03. The summed E-state index contributed by atoms with van der Waals surface area (Å²) in [6.45, 7) is 1.77. The highest BCUT2D eigenvalue weighted by atomic mass is 35.5. The summed E-state index contributed by atoms with van der Waals surface area (Å²) in [5, 5.41) is 10.4. The SMILES string of the molecule is O=c1[nH]c(-c2ccncc2)nc2c1CN(Cc1cccc(Cl)c1O)CC2. The number of aromatic hydroxyl groups is 1. The summed E-state index contributed by atoms with van der Waals surface area (Å²) in [4.78, 5) is 26.2. The average Bonchev–Trinajstić information content (AvgIpc) is 2.66. The second kappa shape index (κ2) is 6.90. The van der Waals surface area contributed by atoms with Gasteiger partial charge in [0.1, 0.15) is 11.6 Å². The Morgan fingerprint density at radius 2 is 2.04 bits per heavy atom. The minimum atomic E-state index is -0.123. The maximum absolute atomic E-state index is 12.6. The maximum atomic E-state index is 12.6. The van der Waals surface area contributed by atoms with Crippen molar-refractivity contribution in [3.63, 3.8) is 0 Å². The molecule has 26 heavy (non-hydrogen) atoms. The van der Waals surface area contributed by atoms with E-state index in [0.717, 1.165) is 23.4 Å². The quantitative estimate of drug-likeness (QED) is 0.742. The number of benzene rings is 1. The molecule has 2 aromatic heterocycles. The van der Waals surface area contributed by atoms with Crippen LogP contribution in [-0.2, 0) is 19.5 Å². The Morgan fingerprint density at radius 1 is 1.23 bits per heavy atom. The Kier molecular flexibility index (Phi) is 4.44. The number of halogens is 1. The highest BCUT2D eigenvalue weighted by molar-refractivity contribution is 6.32. The fourth-order valence-corrected chi connectivity index (χ4v) is 3.39. The largest absolute Gasteiger partial charge is 0.506 e. The first-order valence-corrected chi connectivity index (χ1v) is 8.71. The van der Waals surface area contributed by atoms with Crippen LogP contribution < -0.4 is 5.56 Å². The van der Waals surface area contributed by atoms with Gasteiger partial charge in [-0.2, -0.15) is 0 Å². The van der Waals surface area contributed by atoms with Gasteiger partial charge in [0.05, 0.1) is 16.3 Å². The third kappa shape index (κ3) is 3.21. The van der Waals surface area contributed by atoms with Crippen LogP contribution in [0, 0.1) is 0 Å². The molecule has 1 aliphatic heterocycles. The molecule has 0 spiro atoms. The molecule has 3 aromatic rings. The molecule has 2 N–H and O–H groups in total. The van der Waals surface area contributed by atoms with Crippen molar-refractivity contribution in [1.29, 1.82) is 0 Å². The number of phenolic OH excluding ortho intramolecular Hbond substituents is 1. The Labute approximate surface area is 155 Å². The zero-order chi connectivity index (χ0) is 18.1. The van der Waals surface area contributed by atoms with Crippen molar-refractivity contribution < 1.29 is 5.11 Å².